The summed E-state index contributed by atoms with van der Waals surface area (Å²) in [5.41, 5.74) is 1.03. The second-order valence-corrected chi connectivity index (χ2v) is 4.11. The van der Waals surface area contributed by atoms with Gasteiger partial charge in [0.1, 0.15) is 0 Å². The third-order valence-corrected chi connectivity index (χ3v) is 3.10. The highest BCUT2D eigenvalue weighted by Crippen LogP contribution is 2.27. The van der Waals surface area contributed by atoms with Crippen LogP contribution < -0.4 is 4.90 Å². The number of anilines is 2. The van der Waals surface area contributed by atoms with Crippen LogP contribution in [-0.2, 0) is 0 Å². The predicted octanol–water partition coefficient (Wildman–Crippen LogP) is 2.39. The minimum atomic E-state index is -1.00. The second kappa shape index (κ2) is 4.92. The van der Waals surface area contributed by atoms with Gasteiger partial charge in [-0.25, -0.2) is 9.78 Å². The van der Waals surface area contributed by atoms with Gasteiger partial charge in [0, 0.05) is 30.0 Å². The van der Waals surface area contributed by atoms with Crippen LogP contribution in [0.2, 0.25) is 0 Å². The Hall–Kier alpha value is -1.95. The van der Waals surface area contributed by atoms with Gasteiger partial charge in [0.05, 0.1) is 0 Å². The van der Waals surface area contributed by atoms with Crippen molar-refractivity contribution in [1.29, 1.82) is 0 Å². The van der Waals surface area contributed by atoms with Crippen molar-refractivity contribution in [3.05, 3.63) is 35.6 Å². The van der Waals surface area contributed by atoms with E-state index in [1.54, 1.807) is 17.8 Å². The molecule has 0 spiro atoms. The Balaban J connectivity index is 2.32. The molecule has 0 saturated heterocycles. The molecule has 2 rings (SSSR count). The summed E-state index contributed by atoms with van der Waals surface area (Å²) in [6, 6.07) is 3.73. The molecule has 0 aliphatic carbocycles. The van der Waals surface area contributed by atoms with Gasteiger partial charge in [0.15, 0.2) is 10.8 Å². The normalized spacial score (nSPS) is 10.2. The Morgan fingerprint density at radius 1 is 1.47 bits per heavy atom. The van der Waals surface area contributed by atoms with E-state index in [2.05, 4.69) is 9.97 Å². The van der Waals surface area contributed by atoms with Crippen molar-refractivity contribution in [3.8, 4) is 0 Å². The second-order valence-electron chi connectivity index (χ2n) is 3.27. The number of carboxylic acids is 1. The summed E-state index contributed by atoms with van der Waals surface area (Å²) in [6.45, 7) is 2.71. The van der Waals surface area contributed by atoms with E-state index in [-0.39, 0.29) is 5.69 Å². The van der Waals surface area contributed by atoms with Crippen LogP contribution in [0.1, 0.15) is 17.4 Å². The molecule has 0 amide bonds. The van der Waals surface area contributed by atoms with E-state index < -0.39 is 5.97 Å². The fraction of sp³-hybridized carbons (Fsp3) is 0.182. The van der Waals surface area contributed by atoms with E-state index in [0.29, 0.717) is 5.13 Å². The largest absolute Gasteiger partial charge is 0.476 e. The maximum atomic E-state index is 10.8. The van der Waals surface area contributed by atoms with Crippen molar-refractivity contribution in [2.24, 2.45) is 0 Å². The molecule has 1 N–H and O–H groups in total. The van der Waals surface area contributed by atoms with Crippen LogP contribution >= 0.6 is 11.3 Å². The van der Waals surface area contributed by atoms with Gasteiger partial charge < -0.3 is 10.0 Å². The number of thiazole rings is 1. The molecule has 0 aliphatic heterocycles. The van der Waals surface area contributed by atoms with Gasteiger partial charge in [0.25, 0.3) is 0 Å². The van der Waals surface area contributed by atoms with Gasteiger partial charge in [0.2, 0.25) is 0 Å². The van der Waals surface area contributed by atoms with E-state index >= 15 is 0 Å². The lowest BCUT2D eigenvalue weighted by atomic mass is 10.3. The van der Waals surface area contributed by atoms with Gasteiger partial charge in [-0.15, -0.1) is 11.3 Å². The minimum absolute atomic E-state index is 0.0810. The zero-order valence-electron chi connectivity index (χ0n) is 9.20. The van der Waals surface area contributed by atoms with E-state index in [9.17, 15) is 4.79 Å². The van der Waals surface area contributed by atoms with Gasteiger partial charge in [-0.2, -0.15) is 0 Å². The number of aromatic nitrogens is 2. The Labute approximate surface area is 102 Å². The van der Waals surface area contributed by atoms with E-state index in [4.69, 9.17) is 5.11 Å². The number of rotatable bonds is 4. The number of hydrogen-bond donors (Lipinski definition) is 1. The van der Waals surface area contributed by atoms with Crippen LogP contribution in [0.3, 0.4) is 0 Å². The molecule has 88 valence electrons. The van der Waals surface area contributed by atoms with Crippen molar-refractivity contribution in [2.75, 3.05) is 11.4 Å². The van der Waals surface area contributed by atoms with Crippen molar-refractivity contribution in [2.45, 2.75) is 6.92 Å². The summed E-state index contributed by atoms with van der Waals surface area (Å²) in [4.78, 5) is 20.8. The minimum Gasteiger partial charge on any atom is -0.476 e. The molecule has 0 atom stereocenters. The van der Waals surface area contributed by atoms with Gasteiger partial charge in [-0.1, -0.05) is 0 Å². The summed E-state index contributed by atoms with van der Waals surface area (Å²) in [7, 11) is 0. The number of carbonyl (C=O) groups is 1. The highest BCUT2D eigenvalue weighted by atomic mass is 32.1. The van der Waals surface area contributed by atoms with Crippen LogP contribution in [0.4, 0.5) is 10.8 Å². The maximum Gasteiger partial charge on any atom is 0.355 e. The monoisotopic (exact) mass is 249 g/mol. The van der Waals surface area contributed by atoms with Gasteiger partial charge in [-0.3, -0.25) is 4.98 Å². The Morgan fingerprint density at radius 3 is 2.71 bits per heavy atom. The molecule has 2 heterocycles. The molecule has 0 aromatic carbocycles. The molecule has 0 unspecified atom stereocenters. The molecule has 17 heavy (non-hydrogen) atoms. The number of aromatic carboxylic acids is 1. The standard InChI is InChI=1S/C11H11N3O2S/c1-2-14(8-3-5-12-6-4-8)11-13-9(7-17-11)10(15)16/h3-7H,2H2,1H3,(H,15,16). The fourth-order valence-electron chi connectivity index (χ4n) is 1.44. The summed E-state index contributed by atoms with van der Waals surface area (Å²) in [5.74, 6) is -1.00. The summed E-state index contributed by atoms with van der Waals surface area (Å²) < 4.78 is 0. The smallest absolute Gasteiger partial charge is 0.355 e. The number of pyridine rings is 1. The van der Waals surface area contributed by atoms with Crippen molar-refractivity contribution in [1.82, 2.24) is 9.97 Å². The molecule has 6 heteroatoms. The summed E-state index contributed by atoms with van der Waals surface area (Å²) >= 11 is 1.32. The first-order chi connectivity index (χ1) is 8.22. The third kappa shape index (κ3) is 2.42. The highest BCUT2D eigenvalue weighted by molar-refractivity contribution is 7.14. The van der Waals surface area contributed by atoms with Crippen molar-refractivity contribution >= 4 is 28.1 Å². The topological polar surface area (TPSA) is 66.3 Å². The molecular formula is C11H11N3O2S. The lowest BCUT2D eigenvalue weighted by molar-refractivity contribution is 0.0691. The molecular weight excluding hydrogens is 238 g/mol. The quantitative estimate of drug-likeness (QED) is 0.901. The zero-order chi connectivity index (χ0) is 12.3. The third-order valence-electron chi connectivity index (χ3n) is 2.23. The lowest BCUT2D eigenvalue weighted by Gasteiger charge is -2.19. The van der Waals surface area contributed by atoms with Crippen molar-refractivity contribution < 1.29 is 9.90 Å². The molecule has 0 radical (unpaired) electrons. The van der Waals surface area contributed by atoms with E-state index in [0.717, 1.165) is 12.2 Å². The Kier molecular flexibility index (Phi) is 3.34. The zero-order valence-corrected chi connectivity index (χ0v) is 10.0. The Bertz CT molecular complexity index is 512. The first-order valence-electron chi connectivity index (χ1n) is 5.08. The van der Waals surface area contributed by atoms with E-state index in [1.807, 2.05) is 24.0 Å². The highest BCUT2D eigenvalue weighted by Gasteiger charge is 2.14. The number of hydrogen-bond acceptors (Lipinski definition) is 5. The maximum absolute atomic E-state index is 10.8. The first kappa shape index (κ1) is 11.5. The van der Waals surface area contributed by atoms with Crippen LogP contribution in [0.25, 0.3) is 0 Å². The fourth-order valence-corrected chi connectivity index (χ4v) is 2.32. The molecule has 5 nitrogen and oxygen atoms in total. The predicted molar refractivity (Wildman–Crippen MR) is 66.0 cm³/mol. The SMILES string of the molecule is CCN(c1ccncc1)c1nc(C(=O)O)cs1. The molecule has 0 saturated carbocycles. The molecule has 0 bridgehead atoms. The number of nitrogens with zero attached hydrogens (tertiary/aromatic N) is 3. The molecule has 0 aliphatic rings. The van der Waals surface area contributed by atoms with Crippen LogP contribution in [0, 0.1) is 0 Å². The van der Waals surface area contributed by atoms with Crippen molar-refractivity contribution in [3.63, 3.8) is 0 Å². The lowest BCUT2D eigenvalue weighted by Crippen LogP contribution is -2.16. The molecule has 0 fully saturated rings. The average Bonchev–Trinajstić information content (AvgIpc) is 2.81. The van der Waals surface area contributed by atoms with Crippen LogP contribution in [0.15, 0.2) is 29.9 Å². The first-order valence-corrected chi connectivity index (χ1v) is 5.96. The Morgan fingerprint density at radius 2 is 2.18 bits per heavy atom. The molecule has 2 aromatic rings. The van der Waals surface area contributed by atoms with E-state index in [1.165, 1.54) is 11.3 Å². The molecule has 2 aromatic heterocycles. The van der Waals surface area contributed by atoms with Crippen LogP contribution in [0.5, 0.6) is 0 Å². The van der Waals surface area contributed by atoms with Gasteiger partial charge in [-0.05, 0) is 19.1 Å². The number of carboxylic acid groups (broad SMARTS) is 1. The van der Waals surface area contributed by atoms with Gasteiger partial charge >= 0.3 is 5.97 Å². The van der Waals surface area contributed by atoms with Crippen LogP contribution in [-0.4, -0.2) is 27.6 Å². The summed E-state index contributed by atoms with van der Waals surface area (Å²) in [5, 5.41) is 11.1. The summed E-state index contributed by atoms with van der Waals surface area (Å²) in [6.07, 6.45) is 3.40. The average molecular weight is 249 g/mol.